The number of hydrogen-bond acceptors (Lipinski definition) is 7. The van der Waals surface area contributed by atoms with Crippen molar-refractivity contribution in [1.29, 1.82) is 0 Å². The van der Waals surface area contributed by atoms with Crippen molar-refractivity contribution in [3.63, 3.8) is 0 Å². The Morgan fingerprint density at radius 3 is 2.04 bits per heavy atom. The van der Waals surface area contributed by atoms with E-state index < -0.39 is 36.2 Å². The van der Waals surface area contributed by atoms with Crippen LogP contribution < -0.4 is 0 Å². The van der Waals surface area contributed by atoms with Crippen LogP contribution in [0.2, 0.25) is 0 Å². The molecule has 0 bridgehead atoms. The van der Waals surface area contributed by atoms with Gasteiger partial charge < -0.3 is 18.9 Å². The Balaban J connectivity index is 3.04. The lowest BCUT2D eigenvalue weighted by Crippen LogP contribution is -2.57. The smallest absolute Gasteiger partial charge is 0.303 e. The third kappa shape index (κ3) is 5.67. The summed E-state index contributed by atoms with van der Waals surface area (Å²) in [5, 5.41) is 0. The number of carbonyl (C=O) groups excluding carboxylic acids is 3. The fraction of sp³-hybridized carbons (Fsp3) is 0.688. The van der Waals surface area contributed by atoms with Crippen molar-refractivity contribution in [2.45, 2.75) is 58.5 Å². The molecule has 0 aromatic carbocycles. The monoisotopic (exact) mass is 328 g/mol. The maximum atomic E-state index is 11.4. The zero-order chi connectivity index (χ0) is 17.6. The first-order valence-electron chi connectivity index (χ1n) is 7.50. The van der Waals surface area contributed by atoms with Crippen LogP contribution in [-0.4, -0.2) is 48.9 Å². The highest BCUT2D eigenvalue weighted by Crippen LogP contribution is 2.32. The Kier molecular flexibility index (Phi) is 7.22. The Hall–Kier alpha value is -1.89. The van der Waals surface area contributed by atoms with Gasteiger partial charge in [-0.25, -0.2) is 0 Å². The number of hydrogen-bond donors (Lipinski definition) is 0. The van der Waals surface area contributed by atoms with E-state index in [-0.39, 0.29) is 18.6 Å². The molecule has 0 radical (unpaired) electrons. The highest BCUT2D eigenvalue weighted by atomic mass is 16.6. The lowest BCUT2D eigenvalue weighted by molar-refractivity contribution is -0.230. The summed E-state index contributed by atoms with van der Waals surface area (Å²) < 4.78 is 21.5. The van der Waals surface area contributed by atoms with Crippen LogP contribution in [0, 0.1) is 5.92 Å². The average Bonchev–Trinajstić information content (AvgIpc) is 2.43. The third-order valence-electron chi connectivity index (χ3n) is 3.60. The van der Waals surface area contributed by atoms with E-state index in [4.69, 9.17) is 18.9 Å². The first kappa shape index (κ1) is 19.2. The second-order valence-corrected chi connectivity index (χ2v) is 5.55. The van der Waals surface area contributed by atoms with Crippen LogP contribution in [0.3, 0.4) is 0 Å². The Labute approximate surface area is 135 Å². The SMILES string of the molecule is C=CCC1OC(COC(C)=O)C(OC(C)=O)C(OC(C)=O)C1C. The van der Waals surface area contributed by atoms with Gasteiger partial charge in [0.05, 0.1) is 6.10 Å². The van der Waals surface area contributed by atoms with Crippen molar-refractivity contribution < 1.29 is 33.3 Å². The van der Waals surface area contributed by atoms with E-state index in [1.165, 1.54) is 20.8 Å². The van der Waals surface area contributed by atoms with Gasteiger partial charge in [-0.1, -0.05) is 13.0 Å². The van der Waals surface area contributed by atoms with Crippen molar-refractivity contribution in [2.75, 3.05) is 6.61 Å². The molecule has 0 amide bonds. The summed E-state index contributed by atoms with van der Waals surface area (Å²) in [5.74, 6) is -1.70. The lowest BCUT2D eigenvalue weighted by atomic mass is 9.86. The van der Waals surface area contributed by atoms with Crippen molar-refractivity contribution in [1.82, 2.24) is 0 Å². The van der Waals surface area contributed by atoms with Gasteiger partial charge in [-0.15, -0.1) is 6.58 Å². The molecule has 0 aliphatic carbocycles. The molecule has 1 aliphatic heterocycles. The normalized spacial score (nSPS) is 30.2. The van der Waals surface area contributed by atoms with Gasteiger partial charge in [0.15, 0.2) is 6.10 Å². The molecule has 130 valence electrons. The highest BCUT2D eigenvalue weighted by molar-refractivity contribution is 5.67. The van der Waals surface area contributed by atoms with Crippen LogP contribution >= 0.6 is 0 Å². The first-order valence-corrected chi connectivity index (χ1v) is 7.50. The Morgan fingerprint density at radius 1 is 1.00 bits per heavy atom. The summed E-state index contributed by atoms with van der Waals surface area (Å²) in [6, 6.07) is 0. The molecular formula is C16H24O7. The maximum Gasteiger partial charge on any atom is 0.303 e. The van der Waals surface area contributed by atoms with Crippen LogP contribution in [0.15, 0.2) is 12.7 Å². The molecule has 0 aromatic heterocycles. The topological polar surface area (TPSA) is 88.1 Å². The van der Waals surface area contributed by atoms with Crippen LogP contribution in [0.5, 0.6) is 0 Å². The van der Waals surface area contributed by atoms with Crippen molar-refractivity contribution >= 4 is 17.9 Å². The molecule has 5 atom stereocenters. The fourth-order valence-electron chi connectivity index (χ4n) is 2.62. The molecule has 7 heteroatoms. The van der Waals surface area contributed by atoms with Gasteiger partial charge in [0.25, 0.3) is 0 Å². The molecule has 0 aromatic rings. The van der Waals surface area contributed by atoms with Gasteiger partial charge in [-0.2, -0.15) is 0 Å². The lowest BCUT2D eigenvalue weighted by Gasteiger charge is -2.44. The summed E-state index contributed by atoms with van der Waals surface area (Å²) in [4.78, 5) is 33.9. The van der Waals surface area contributed by atoms with Crippen molar-refractivity contribution in [3.05, 3.63) is 12.7 Å². The zero-order valence-corrected chi connectivity index (χ0v) is 13.9. The predicted octanol–water partition coefficient (Wildman–Crippen LogP) is 1.39. The van der Waals surface area contributed by atoms with Crippen LogP contribution in [0.25, 0.3) is 0 Å². The molecule has 1 saturated heterocycles. The number of carbonyl (C=O) groups is 3. The van der Waals surface area contributed by atoms with Crippen LogP contribution in [-0.2, 0) is 33.3 Å². The van der Waals surface area contributed by atoms with Gasteiger partial charge in [0, 0.05) is 26.7 Å². The van der Waals surface area contributed by atoms with Gasteiger partial charge in [0.1, 0.15) is 18.8 Å². The molecule has 23 heavy (non-hydrogen) atoms. The van der Waals surface area contributed by atoms with Crippen LogP contribution in [0.4, 0.5) is 0 Å². The molecule has 5 unspecified atom stereocenters. The summed E-state index contributed by atoms with van der Waals surface area (Å²) in [6.07, 6.45) is -0.302. The van der Waals surface area contributed by atoms with Crippen LogP contribution in [0.1, 0.15) is 34.1 Å². The minimum absolute atomic E-state index is 0.0919. The molecule has 0 spiro atoms. The molecule has 0 N–H and O–H groups in total. The van der Waals surface area contributed by atoms with E-state index in [1.807, 2.05) is 6.92 Å². The van der Waals surface area contributed by atoms with Gasteiger partial charge >= 0.3 is 17.9 Å². The van der Waals surface area contributed by atoms with Gasteiger partial charge in [-0.3, -0.25) is 14.4 Å². The Bertz CT molecular complexity index is 459. The summed E-state index contributed by atoms with van der Waals surface area (Å²) in [5.41, 5.74) is 0. The molecule has 1 rings (SSSR count). The fourth-order valence-corrected chi connectivity index (χ4v) is 2.62. The molecular weight excluding hydrogens is 304 g/mol. The molecule has 7 nitrogen and oxygen atoms in total. The quantitative estimate of drug-likeness (QED) is 0.413. The maximum absolute atomic E-state index is 11.4. The summed E-state index contributed by atoms with van der Waals surface area (Å²) in [6.45, 7) is 9.26. The second-order valence-electron chi connectivity index (χ2n) is 5.55. The van der Waals surface area contributed by atoms with E-state index in [0.29, 0.717) is 6.42 Å². The minimum atomic E-state index is -0.841. The zero-order valence-electron chi connectivity index (χ0n) is 13.9. The second kappa shape index (κ2) is 8.67. The molecule has 0 saturated carbocycles. The number of esters is 3. The minimum Gasteiger partial charge on any atom is -0.463 e. The number of ether oxygens (including phenoxy) is 4. The third-order valence-corrected chi connectivity index (χ3v) is 3.60. The predicted molar refractivity (Wildman–Crippen MR) is 80.4 cm³/mol. The van der Waals surface area contributed by atoms with Crippen molar-refractivity contribution in [2.24, 2.45) is 5.92 Å². The molecule has 1 fully saturated rings. The summed E-state index contributed by atoms with van der Waals surface area (Å²) >= 11 is 0. The summed E-state index contributed by atoms with van der Waals surface area (Å²) in [7, 11) is 0. The highest BCUT2D eigenvalue weighted by Gasteiger charge is 2.47. The Morgan fingerprint density at radius 2 is 1.57 bits per heavy atom. The molecule has 1 aliphatic rings. The van der Waals surface area contributed by atoms with Crippen molar-refractivity contribution in [3.8, 4) is 0 Å². The average molecular weight is 328 g/mol. The standard InChI is InChI=1S/C16H24O7/c1-6-7-13-9(2)15(21-11(4)18)16(22-12(5)19)14(23-13)8-20-10(3)17/h6,9,13-16H,1,7-8H2,2-5H3. The van der Waals surface area contributed by atoms with Gasteiger partial charge in [-0.05, 0) is 6.42 Å². The first-order chi connectivity index (χ1) is 10.8. The van der Waals surface area contributed by atoms with E-state index in [0.717, 1.165) is 0 Å². The van der Waals surface area contributed by atoms with E-state index in [2.05, 4.69) is 6.58 Å². The van der Waals surface area contributed by atoms with E-state index in [9.17, 15) is 14.4 Å². The van der Waals surface area contributed by atoms with Gasteiger partial charge in [0.2, 0.25) is 0 Å². The largest absolute Gasteiger partial charge is 0.463 e. The van der Waals surface area contributed by atoms with E-state index in [1.54, 1.807) is 6.08 Å². The number of rotatable bonds is 6. The molecule has 1 heterocycles. The van der Waals surface area contributed by atoms with E-state index >= 15 is 0 Å².